The standard InChI is InChI=1S/C15H20N2O/c16-14-6-10(7-14)9-17-15(18)13-5-4-11-2-1-3-12(11)8-13/h4-5,8,10,14H,1-3,6-7,9,16H2,(H,17,18). The summed E-state index contributed by atoms with van der Waals surface area (Å²) in [7, 11) is 0. The van der Waals surface area contributed by atoms with E-state index in [1.165, 1.54) is 17.5 Å². The predicted octanol–water partition coefficient (Wildman–Crippen LogP) is 1.64. The van der Waals surface area contributed by atoms with Crippen LogP contribution in [0.25, 0.3) is 0 Å². The summed E-state index contributed by atoms with van der Waals surface area (Å²) in [6.45, 7) is 0.767. The fourth-order valence-corrected chi connectivity index (χ4v) is 3.01. The zero-order valence-corrected chi connectivity index (χ0v) is 10.6. The van der Waals surface area contributed by atoms with Crippen molar-refractivity contribution in [3.05, 3.63) is 34.9 Å². The molecule has 18 heavy (non-hydrogen) atoms. The number of hydrogen-bond donors (Lipinski definition) is 2. The van der Waals surface area contributed by atoms with Gasteiger partial charge in [0, 0.05) is 18.2 Å². The molecule has 3 rings (SSSR count). The van der Waals surface area contributed by atoms with Crippen LogP contribution in [-0.4, -0.2) is 18.5 Å². The lowest BCUT2D eigenvalue weighted by Crippen LogP contribution is -2.42. The largest absolute Gasteiger partial charge is 0.352 e. The summed E-state index contributed by atoms with van der Waals surface area (Å²) in [5, 5.41) is 3.02. The molecule has 3 nitrogen and oxygen atoms in total. The molecule has 1 fully saturated rings. The van der Waals surface area contributed by atoms with Crippen LogP contribution in [0.15, 0.2) is 18.2 Å². The van der Waals surface area contributed by atoms with E-state index in [-0.39, 0.29) is 5.91 Å². The van der Waals surface area contributed by atoms with Crippen molar-refractivity contribution in [1.82, 2.24) is 5.32 Å². The van der Waals surface area contributed by atoms with E-state index in [4.69, 9.17) is 5.73 Å². The Balaban J connectivity index is 1.58. The molecule has 0 atom stereocenters. The number of aryl methyl sites for hydroxylation is 2. The normalized spacial score (nSPS) is 25.4. The van der Waals surface area contributed by atoms with Gasteiger partial charge in [-0.2, -0.15) is 0 Å². The number of nitrogens with one attached hydrogen (secondary N) is 1. The molecule has 0 unspecified atom stereocenters. The Morgan fingerprint density at radius 1 is 1.28 bits per heavy atom. The average molecular weight is 244 g/mol. The van der Waals surface area contributed by atoms with Crippen molar-refractivity contribution < 1.29 is 4.79 Å². The Morgan fingerprint density at radius 2 is 2.06 bits per heavy atom. The molecular formula is C15H20N2O. The molecule has 3 N–H and O–H groups in total. The van der Waals surface area contributed by atoms with Gasteiger partial charge >= 0.3 is 0 Å². The minimum absolute atomic E-state index is 0.0603. The van der Waals surface area contributed by atoms with Crippen molar-refractivity contribution in [3.8, 4) is 0 Å². The number of nitrogens with two attached hydrogens (primary N) is 1. The molecule has 0 radical (unpaired) electrons. The number of carbonyl (C=O) groups excluding carboxylic acids is 1. The molecule has 1 aromatic carbocycles. The van der Waals surface area contributed by atoms with Gasteiger partial charge in [0.1, 0.15) is 0 Å². The van der Waals surface area contributed by atoms with Gasteiger partial charge in [-0.25, -0.2) is 0 Å². The fourth-order valence-electron chi connectivity index (χ4n) is 3.01. The van der Waals surface area contributed by atoms with Gasteiger partial charge in [-0.15, -0.1) is 0 Å². The SMILES string of the molecule is NC1CC(CNC(=O)c2ccc3c(c2)CCC3)C1. The number of hydrogen-bond acceptors (Lipinski definition) is 2. The van der Waals surface area contributed by atoms with Gasteiger partial charge in [0.25, 0.3) is 5.91 Å². The Bertz CT molecular complexity index is 464. The third-order valence-electron chi connectivity index (χ3n) is 4.18. The van der Waals surface area contributed by atoms with Crippen molar-refractivity contribution in [1.29, 1.82) is 0 Å². The Kier molecular flexibility index (Phi) is 3.08. The highest BCUT2D eigenvalue weighted by atomic mass is 16.1. The van der Waals surface area contributed by atoms with Crippen LogP contribution in [0.3, 0.4) is 0 Å². The van der Waals surface area contributed by atoms with E-state index in [2.05, 4.69) is 17.4 Å². The van der Waals surface area contributed by atoms with Crippen LogP contribution in [0.5, 0.6) is 0 Å². The van der Waals surface area contributed by atoms with Crippen LogP contribution in [0.2, 0.25) is 0 Å². The zero-order valence-electron chi connectivity index (χ0n) is 10.6. The van der Waals surface area contributed by atoms with Crippen LogP contribution >= 0.6 is 0 Å². The minimum atomic E-state index is 0.0603. The molecule has 0 heterocycles. The Labute approximate surface area is 108 Å². The van der Waals surface area contributed by atoms with Crippen molar-refractivity contribution in [2.45, 2.75) is 38.1 Å². The molecule has 1 aromatic rings. The second kappa shape index (κ2) is 4.73. The summed E-state index contributed by atoms with van der Waals surface area (Å²) in [4.78, 5) is 12.0. The average Bonchev–Trinajstić information content (AvgIpc) is 2.79. The monoisotopic (exact) mass is 244 g/mol. The topological polar surface area (TPSA) is 55.1 Å². The van der Waals surface area contributed by atoms with Crippen molar-refractivity contribution >= 4 is 5.91 Å². The lowest BCUT2D eigenvalue weighted by molar-refractivity contribution is 0.0935. The molecular weight excluding hydrogens is 224 g/mol. The summed E-state index contributed by atoms with van der Waals surface area (Å²) in [5.74, 6) is 0.642. The lowest BCUT2D eigenvalue weighted by Gasteiger charge is -2.32. The van der Waals surface area contributed by atoms with Crippen molar-refractivity contribution in [2.24, 2.45) is 11.7 Å². The van der Waals surface area contributed by atoms with E-state index in [0.29, 0.717) is 12.0 Å². The molecule has 0 saturated heterocycles. The number of benzene rings is 1. The maximum absolute atomic E-state index is 12.0. The van der Waals surface area contributed by atoms with Gasteiger partial charge < -0.3 is 11.1 Å². The van der Waals surface area contributed by atoms with Crippen molar-refractivity contribution in [2.75, 3.05) is 6.54 Å². The van der Waals surface area contributed by atoms with Gasteiger partial charge in [-0.05, 0) is 61.3 Å². The second-order valence-corrected chi connectivity index (χ2v) is 5.64. The van der Waals surface area contributed by atoms with Gasteiger partial charge in [0.05, 0.1) is 0 Å². The quantitative estimate of drug-likeness (QED) is 0.849. The highest BCUT2D eigenvalue weighted by Gasteiger charge is 2.26. The first-order chi connectivity index (χ1) is 8.72. The van der Waals surface area contributed by atoms with E-state index >= 15 is 0 Å². The third kappa shape index (κ3) is 2.27. The maximum atomic E-state index is 12.0. The molecule has 0 bridgehead atoms. The van der Waals surface area contributed by atoms with Gasteiger partial charge in [-0.3, -0.25) is 4.79 Å². The summed E-state index contributed by atoms with van der Waals surface area (Å²) < 4.78 is 0. The number of carbonyl (C=O) groups is 1. The van der Waals surface area contributed by atoms with Gasteiger partial charge in [-0.1, -0.05) is 6.07 Å². The molecule has 0 aromatic heterocycles. The van der Waals surface area contributed by atoms with E-state index in [1.54, 1.807) is 0 Å². The van der Waals surface area contributed by atoms with E-state index < -0.39 is 0 Å². The van der Waals surface area contributed by atoms with Gasteiger partial charge in [0.2, 0.25) is 0 Å². The smallest absolute Gasteiger partial charge is 0.251 e. The molecule has 0 aliphatic heterocycles. The molecule has 1 saturated carbocycles. The summed E-state index contributed by atoms with van der Waals surface area (Å²) in [6, 6.07) is 6.47. The fraction of sp³-hybridized carbons (Fsp3) is 0.533. The number of fused-ring (bicyclic) bond motifs is 1. The van der Waals surface area contributed by atoms with Gasteiger partial charge in [0.15, 0.2) is 0 Å². The first-order valence-electron chi connectivity index (χ1n) is 6.88. The molecule has 3 heteroatoms. The number of rotatable bonds is 3. The predicted molar refractivity (Wildman–Crippen MR) is 71.5 cm³/mol. The summed E-state index contributed by atoms with van der Waals surface area (Å²) in [5.41, 5.74) is 9.31. The van der Waals surface area contributed by atoms with Crippen LogP contribution in [0.4, 0.5) is 0 Å². The van der Waals surface area contributed by atoms with Crippen molar-refractivity contribution in [3.63, 3.8) is 0 Å². The molecule has 1 amide bonds. The zero-order chi connectivity index (χ0) is 12.5. The summed E-state index contributed by atoms with van der Waals surface area (Å²) in [6.07, 6.45) is 5.60. The van der Waals surface area contributed by atoms with Crippen LogP contribution in [0, 0.1) is 5.92 Å². The Hall–Kier alpha value is -1.35. The second-order valence-electron chi connectivity index (χ2n) is 5.64. The Morgan fingerprint density at radius 3 is 2.83 bits per heavy atom. The molecule has 0 spiro atoms. The lowest BCUT2D eigenvalue weighted by atomic mass is 9.81. The minimum Gasteiger partial charge on any atom is -0.352 e. The summed E-state index contributed by atoms with van der Waals surface area (Å²) >= 11 is 0. The van der Waals surface area contributed by atoms with Crippen LogP contribution in [0.1, 0.15) is 40.7 Å². The van der Waals surface area contributed by atoms with E-state index in [9.17, 15) is 4.79 Å². The molecule has 2 aliphatic rings. The highest BCUT2D eigenvalue weighted by molar-refractivity contribution is 5.94. The van der Waals surface area contributed by atoms with E-state index in [0.717, 1.165) is 37.8 Å². The number of amides is 1. The van der Waals surface area contributed by atoms with Crippen LogP contribution in [-0.2, 0) is 12.8 Å². The molecule has 2 aliphatic carbocycles. The maximum Gasteiger partial charge on any atom is 0.251 e. The van der Waals surface area contributed by atoms with Crippen LogP contribution < -0.4 is 11.1 Å². The van der Waals surface area contributed by atoms with E-state index in [1.807, 2.05) is 6.07 Å². The molecule has 96 valence electrons. The first kappa shape index (κ1) is 11.7. The highest BCUT2D eigenvalue weighted by Crippen LogP contribution is 2.25. The third-order valence-corrected chi connectivity index (χ3v) is 4.18. The first-order valence-corrected chi connectivity index (χ1v) is 6.88.